The van der Waals surface area contributed by atoms with Crippen LogP contribution in [0.1, 0.15) is 72.0 Å². The molecule has 0 saturated heterocycles. The maximum absolute atomic E-state index is 13.4. The van der Waals surface area contributed by atoms with Crippen LogP contribution in [0, 0.1) is 0 Å². The minimum absolute atomic E-state index is 0.0606. The van der Waals surface area contributed by atoms with Crippen molar-refractivity contribution in [3.63, 3.8) is 0 Å². The number of carbonyl (C=O) groups excluding carboxylic acids is 2. The number of Topliss-reactive ketones (excluding diaryl/α,β-unsaturated/α-hetero) is 1. The van der Waals surface area contributed by atoms with Gasteiger partial charge < -0.3 is 24.8 Å². The van der Waals surface area contributed by atoms with Crippen LogP contribution >= 0.6 is 0 Å². The molecule has 0 fully saturated rings. The van der Waals surface area contributed by atoms with Gasteiger partial charge in [-0.25, -0.2) is 0 Å². The molecule has 8 nitrogen and oxygen atoms in total. The minimum Gasteiger partial charge on any atom is -0.504 e. The molecule has 0 aromatic heterocycles. The Morgan fingerprint density at radius 3 is 2.31 bits per heavy atom. The first-order chi connectivity index (χ1) is 16.5. The third-order valence-electron chi connectivity index (χ3n) is 5.93. The molecule has 188 valence electrons. The summed E-state index contributed by atoms with van der Waals surface area (Å²) < 4.78 is 11.3. The van der Waals surface area contributed by atoms with E-state index in [0.29, 0.717) is 53.8 Å². The molecular formula is C27H35N3O5. The molecule has 0 bridgehead atoms. The number of aromatic hydroxyl groups is 1. The highest BCUT2D eigenvalue weighted by molar-refractivity contribution is 6.09. The molecule has 0 aliphatic carbocycles. The van der Waals surface area contributed by atoms with Crippen LogP contribution in [0.5, 0.6) is 17.2 Å². The zero-order valence-corrected chi connectivity index (χ0v) is 21.6. The van der Waals surface area contributed by atoms with Gasteiger partial charge in [-0.15, -0.1) is 0 Å². The van der Waals surface area contributed by atoms with Gasteiger partial charge in [-0.2, -0.15) is 0 Å². The van der Waals surface area contributed by atoms with E-state index in [0.717, 1.165) is 11.1 Å². The number of nitrogens with one attached hydrogen (secondary N) is 1. The first-order valence-corrected chi connectivity index (χ1v) is 11.8. The number of phenols is 1. The summed E-state index contributed by atoms with van der Waals surface area (Å²) in [5.41, 5.74) is 2.90. The molecular weight excluding hydrogens is 446 g/mol. The van der Waals surface area contributed by atoms with Crippen molar-refractivity contribution in [2.75, 3.05) is 33.9 Å². The monoisotopic (exact) mass is 481 g/mol. The molecule has 0 saturated carbocycles. The van der Waals surface area contributed by atoms with Gasteiger partial charge in [0.2, 0.25) is 0 Å². The van der Waals surface area contributed by atoms with Crippen LogP contribution in [0.4, 0.5) is 0 Å². The van der Waals surface area contributed by atoms with Crippen molar-refractivity contribution in [2.45, 2.75) is 46.6 Å². The van der Waals surface area contributed by atoms with Crippen LogP contribution in [-0.4, -0.2) is 61.4 Å². The number of ketones is 1. The van der Waals surface area contributed by atoms with Gasteiger partial charge in [0.15, 0.2) is 17.3 Å². The number of benzene rings is 2. The number of ether oxygens (including phenoxy) is 2. The lowest BCUT2D eigenvalue weighted by molar-refractivity contribution is 0.0953. The molecule has 0 atom stereocenters. The number of hydrogen-bond acceptors (Lipinski definition) is 6. The Morgan fingerprint density at radius 1 is 1.09 bits per heavy atom. The summed E-state index contributed by atoms with van der Waals surface area (Å²) in [6.07, 6.45) is 0. The van der Waals surface area contributed by atoms with Crippen LogP contribution in [-0.2, 0) is 12.0 Å². The van der Waals surface area contributed by atoms with Crippen LogP contribution in [0.25, 0.3) is 0 Å². The van der Waals surface area contributed by atoms with Gasteiger partial charge in [-0.1, -0.05) is 20.8 Å². The highest BCUT2D eigenvalue weighted by atomic mass is 16.5. The molecule has 0 spiro atoms. The van der Waals surface area contributed by atoms with Crippen molar-refractivity contribution < 1.29 is 24.2 Å². The second kappa shape index (κ2) is 10.4. The lowest BCUT2D eigenvalue weighted by Crippen LogP contribution is -2.31. The maximum Gasteiger partial charge on any atom is 0.254 e. The van der Waals surface area contributed by atoms with Gasteiger partial charge in [0, 0.05) is 37.3 Å². The Labute approximate surface area is 207 Å². The molecule has 0 unspecified atom stereocenters. The Kier molecular flexibility index (Phi) is 7.73. The van der Waals surface area contributed by atoms with Crippen molar-refractivity contribution in [2.24, 2.45) is 4.99 Å². The number of rotatable bonds is 8. The molecule has 1 heterocycles. The van der Waals surface area contributed by atoms with Crippen molar-refractivity contribution in [1.82, 2.24) is 10.2 Å². The summed E-state index contributed by atoms with van der Waals surface area (Å²) in [5.74, 6) is 1.13. The fraction of sp³-hybridized carbons (Fsp3) is 0.444. The highest BCUT2D eigenvalue weighted by Crippen LogP contribution is 2.39. The number of nitrogens with zero attached hydrogens (tertiary/aromatic N) is 2. The zero-order chi connectivity index (χ0) is 25.9. The Morgan fingerprint density at radius 2 is 1.74 bits per heavy atom. The van der Waals surface area contributed by atoms with E-state index in [1.807, 2.05) is 45.6 Å². The fourth-order valence-corrected chi connectivity index (χ4v) is 4.26. The van der Waals surface area contributed by atoms with Crippen LogP contribution in [0.2, 0.25) is 0 Å². The Hall–Kier alpha value is -3.55. The van der Waals surface area contributed by atoms with Gasteiger partial charge in [0.05, 0.1) is 25.3 Å². The number of amides is 1. The van der Waals surface area contributed by atoms with E-state index in [2.05, 4.69) is 10.3 Å². The van der Waals surface area contributed by atoms with Gasteiger partial charge in [-0.3, -0.25) is 14.6 Å². The van der Waals surface area contributed by atoms with Gasteiger partial charge >= 0.3 is 0 Å². The van der Waals surface area contributed by atoms with E-state index in [1.54, 1.807) is 32.3 Å². The molecule has 8 heteroatoms. The summed E-state index contributed by atoms with van der Waals surface area (Å²) in [7, 11) is 3.24. The first kappa shape index (κ1) is 26.1. The molecule has 2 aromatic rings. The average Bonchev–Trinajstić information content (AvgIpc) is 3.14. The van der Waals surface area contributed by atoms with Crippen molar-refractivity contribution in [3.05, 3.63) is 52.1 Å². The Bertz CT molecular complexity index is 1160. The smallest absolute Gasteiger partial charge is 0.254 e. The lowest BCUT2D eigenvalue weighted by Gasteiger charge is -2.24. The maximum atomic E-state index is 13.4. The quantitative estimate of drug-likeness (QED) is 0.555. The molecule has 35 heavy (non-hydrogen) atoms. The minimum atomic E-state index is -0.377. The molecule has 2 aromatic carbocycles. The van der Waals surface area contributed by atoms with Crippen LogP contribution < -0.4 is 14.8 Å². The second-order valence-corrected chi connectivity index (χ2v) is 9.40. The number of aliphatic imine (C=N–C) groups is 1. The third kappa shape index (κ3) is 5.26. The van der Waals surface area contributed by atoms with Crippen molar-refractivity contribution >= 4 is 17.5 Å². The summed E-state index contributed by atoms with van der Waals surface area (Å²) >= 11 is 0. The predicted octanol–water partition coefficient (Wildman–Crippen LogP) is 3.92. The van der Waals surface area contributed by atoms with E-state index in [1.165, 1.54) is 0 Å². The number of fused-ring (bicyclic) bond motifs is 1. The molecule has 1 aliphatic rings. The highest BCUT2D eigenvalue weighted by Gasteiger charge is 2.31. The molecule has 1 aliphatic heterocycles. The van der Waals surface area contributed by atoms with E-state index < -0.39 is 0 Å². The van der Waals surface area contributed by atoms with Gasteiger partial charge in [0.25, 0.3) is 5.91 Å². The third-order valence-corrected chi connectivity index (χ3v) is 5.93. The van der Waals surface area contributed by atoms with E-state index in [4.69, 9.17) is 9.47 Å². The van der Waals surface area contributed by atoms with E-state index in [9.17, 15) is 14.7 Å². The SMILES string of the molecule is CCOc1cc2c(cc1C(=O)NC)C(=NC)N(CC(=O)c1cc(OCC)c(O)c(C(C)(C)C)c1)C2. The molecule has 2 N–H and O–H groups in total. The average molecular weight is 482 g/mol. The van der Waals surface area contributed by atoms with Crippen LogP contribution in [0.3, 0.4) is 0 Å². The number of phenolic OH excluding ortho intramolecular Hbond substituents is 1. The largest absolute Gasteiger partial charge is 0.504 e. The van der Waals surface area contributed by atoms with Crippen molar-refractivity contribution in [1.29, 1.82) is 0 Å². The van der Waals surface area contributed by atoms with Gasteiger partial charge in [0.1, 0.15) is 11.6 Å². The summed E-state index contributed by atoms with van der Waals surface area (Å²) in [5, 5.41) is 13.3. The second-order valence-electron chi connectivity index (χ2n) is 9.40. The summed E-state index contributed by atoms with van der Waals surface area (Å²) in [6, 6.07) is 6.96. The standard InChI is InChI=1S/C27H35N3O5/c1-8-34-22-12-17-14-30(25(28-6)18(17)13-19(22)26(33)29-7)15-21(31)16-10-20(27(3,4)5)24(32)23(11-16)35-9-2/h10-13,32H,8-9,14-15H2,1-7H3,(H,29,33). The molecule has 1 amide bonds. The molecule has 3 rings (SSSR count). The van der Waals surface area contributed by atoms with Gasteiger partial charge in [-0.05, 0) is 49.1 Å². The summed E-state index contributed by atoms with van der Waals surface area (Å²) in [6.45, 7) is 11.0. The lowest BCUT2D eigenvalue weighted by atomic mass is 9.84. The summed E-state index contributed by atoms with van der Waals surface area (Å²) in [4.78, 5) is 32.2. The van der Waals surface area contributed by atoms with Crippen molar-refractivity contribution in [3.8, 4) is 17.2 Å². The normalized spacial score (nSPS) is 14.1. The number of amidine groups is 1. The molecule has 0 radical (unpaired) electrons. The fourth-order valence-electron chi connectivity index (χ4n) is 4.26. The first-order valence-electron chi connectivity index (χ1n) is 11.8. The van der Waals surface area contributed by atoms with E-state index in [-0.39, 0.29) is 29.4 Å². The van der Waals surface area contributed by atoms with E-state index >= 15 is 0 Å². The van der Waals surface area contributed by atoms with Crippen LogP contribution in [0.15, 0.2) is 29.3 Å². The Balaban J connectivity index is 1.96. The topological polar surface area (TPSA) is 100 Å². The number of hydrogen-bond donors (Lipinski definition) is 2. The number of carbonyl (C=O) groups is 2. The predicted molar refractivity (Wildman–Crippen MR) is 136 cm³/mol. The zero-order valence-electron chi connectivity index (χ0n) is 21.6.